The van der Waals surface area contributed by atoms with Crippen LogP contribution in [0.2, 0.25) is 0 Å². The summed E-state index contributed by atoms with van der Waals surface area (Å²) in [5, 5.41) is 9.60. The minimum atomic E-state index is -3.62. The topological polar surface area (TPSA) is 80.7 Å². The van der Waals surface area contributed by atoms with Crippen LogP contribution in [0.5, 0.6) is 0 Å². The number of benzene rings is 2. The van der Waals surface area contributed by atoms with Crippen molar-refractivity contribution in [3.05, 3.63) is 72.3 Å². The third-order valence-corrected chi connectivity index (χ3v) is 5.79. The van der Waals surface area contributed by atoms with Crippen molar-refractivity contribution in [2.24, 2.45) is 0 Å². The number of ketones is 1. The predicted octanol–water partition coefficient (Wildman–Crippen LogP) is 2.21. The number of ether oxygens (including phenoxy) is 1. The quantitative estimate of drug-likeness (QED) is 0.923. The Morgan fingerprint density at radius 1 is 1.00 bits per heavy atom. The lowest BCUT2D eigenvalue weighted by Gasteiger charge is -2.32. The first-order valence-electron chi connectivity index (χ1n) is 7.33. The molecule has 2 aromatic rings. The summed E-state index contributed by atoms with van der Waals surface area (Å²) in [4.78, 5) is 12.5. The molecule has 6 heteroatoms. The highest BCUT2D eigenvalue weighted by atomic mass is 32.2. The highest BCUT2D eigenvalue weighted by molar-refractivity contribution is 7.91. The van der Waals surface area contributed by atoms with Gasteiger partial charge in [0.15, 0.2) is 17.7 Å². The number of sulfone groups is 1. The highest BCUT2D eigenvalue weighted by Gasteiger charge is 2.39. The maximum atomic E-state index is 12.6. The zero-order valence-corrected chi connectivity index (χ0v) is 13.7. The molecule has 0 radical (unpaired) electrons. The number of rotatable bonds is 3. The summed E-state index contributed by atoms with van der Waals surface area (Å²) >= 11 is 0. The molecule has 1 aliphatic heterocycles. The standard InChI is InChI=1S/C18H16O5S/c1-18(16(19)11-12-17(20)23-18)13-7-9-15(10-8-13)24(21,22)14-5-3-2-4-6-14/h2-12,17,20H,1H3/t17-,18+/m1/s1. The summed E-state index contributed by atoms with van der Waals surface area (Å²) in [6.07, 6.45) is 1.35. The SMILES string of the molecule is C[C@@]1(c2ccc(S(=O)(=O)c3ccccc3)cc2)O[C@@H](O)C=CC1=O. The minimum Gasteiger partial charge on any atom is -0.365 e. The van der Waals surface area contributed by atoms with Gasteiger partial charge in [-0.05, 0) is 48.9 Å². The molecule has 1 aliphatic rings. The van der Waals surface area contributed by atoms with Gasteiger partial charge in [-0.2, -0.15) is 0 Å². The van der Waals surface area contributed by atoms with Gasteiger partial charge in [0.1, 0.15) is 0 Å². The van der Waals surface area contributed by atoms with Crippen molar-refractivity contribution in [1.82, 2.24) is 0 Å². The highest BCUT2D eigenvalue weighted by Crippen LogP contribution is 2.32. The molecule has 1 N–H and O–H groups in total. The van der Waals surface area contributed by atoms with Crippen LogP contribution < -0.4 is 0 Å². The molecule has 0 aliphatic carbocycles. The number of hydrogen-bond donors (Lipinski definition) is 1. The number of hydrogen-bond acceptors (Lipinski definition) is 5. The third-order valence-electron chi connectivity index (χ3n) is 4.01. The summed E-state index contributed by atoms with van der Waals surface area (Å²) in [6, 6.07) is 14.0. The summed E-state index contributed by atoms with van der Waals surface area (Å²) < 4.78 is 30.5. The molecule has 0 fully saturated rings. The molecular formula is C18H16O5S. The Balaban J connectivity index is 1.97. The first-order chi connectivity index (χ1) is 11.3. The van der Waals surface area contributed by atoms with Crippen molar-refractivity contribution in [2.75, 3.05) is 0 Å². The number of aliphatic hydroxyl groups excluding tert-OH is 1. The van der Waals surface area contributed by atoms with Gasteiger partial charge in [-0.25, -0.2) is 8.42 Å². The van der Waals surface area contributed by atoms with E-state index < -0.39 is 21.7 Å². The normalized spacial score (nSPS) is 24.1. The van der Waals surface area contributed by atoms with Gasteiger partial charge in [0.25, 0.3) is 0 Å². The van der Waals surface area contributed by atoms with Crippen LogP contribution in [0.4, 0.5) is 0 Å². The van der Waals surface area contributed by atoms with Crippen LogP contribution in [0.25, 0.3) is 0 Å². The predicted molar refractivity (Wildman–Crippen MR) is 86.9 cm³/mol. The fraction of sp³-hybridized carbons (Fsp3) is 0.167. The monoisotopic (exact) mass is 344 g/mol. The lowest BCUT2D eigenvalue weighted by Crippen LogP contribution is -2.40. The van der Waals surface area contributed by atoms with Crippen LogP contribution in [0.3, 0.4) is 0 Å². The second-order valence-corrected chi connectivity index (χ2v) is 7.56. The van der Waals surface area contributed by atoms with Crippen molar-refractivity contribution in [2.45, 2.75) is 28.6 Å². The molecule has 24 heavy (non-hydrogen) atoms. The molecular weight excluding hydrogens is 328 g/mol. The van der Waals surface area contributed by atoms with E-state index in [4.69, 9.17) is 4.74 Å². The molecule has 0 unspecified atom stereocenters. The van der Waals surface area contributed by atoms with Crippen LogP contribution in [-0.2, 0) is 25.0 Å². The Morgan fingerprint density at radius 2 is 1.58 bits per heavy atom. The molecule has 0 bridgehead atoms. The van der Waals surface area contributed by atoms with E-state index in [2.05, 4.69) is 0 Å². The van der Waals surface area contributed by atoms with E-state index in [9.17, 15) is 18.3 Å². The van der Waals surface area contributed by atoms with Gasteiger partial charge in [-0.1, -0.05) is 30.3 Å². The first kappa shape index (κ1) is 16.6. The van der Waals surface area contributed by atoms with Crippen LogP contribution >= 0.6 is 0 Å². The number of aliphatic hydroxyl groups is 1. The van der Waals surface area contributed by atoms with Gasteiger partial charge in [-0.3, -0.25) is 4.79 Å². The van der Waals surface area contributed by atoms with Crippen molar-refractivity contribution in [1.29, 1.82) is 0 Å². The molecule has 0 saturated heterocycles. The molecule has 124 valence electrons. The third kappa shape index (κ3) is 2.80. The zero-order chi connectivity index (χ0) is 17.4. The molecule has 5 nitrogen and oxygen atoms in total. The fourth-order valence-corrected chi connectivity index (χ4v) is 3.85. The number of carbonyl (C=O) groups is 1. The summed E-state index contributed by atoms with van der Waals surface area (Å²) in [7, 11) is -3.62. The lowest BCUT2D eigenvalue weighted by atomic mass is 9.89. The van der Waals surface area contributed by atoms with Gasteiger partial charge in [0.2, 0.25) is 9.84 Å². The Bertz CT molecular complexity index is 885. The van der Waals surface area contributed by atoms with Crippen molar-refractivity contribution >= 4 is 15.6 Å². The van der Waals surface area contributed by atoms with Crippen molar-refractivity contribution in [3.8, 4) is 0 Å². The minimum absolute atomic E-state index is 0.125. The van der Waals surface area contributed by atoms with Crippen molar-refractivity contribution in [3.63, 3.8) is 0 Å². The second kappa shape index (κ2) is 5.98. The van der Waals surface area contributed by atoms with E-state index >= 15 is 0 Å². The molecule has 2 aromatic carbocycles. The molecule has 2 atom stereocenters. The van der Waals surface area contributed by atoms with Crippen LogP contribution in [0, 0.1) is 0 Å². The Labute approximate surface area is 140 Å². The van der Waals surface area contributed by atoms with Gasteiger partial charge in [0, 0.05) is 0 Å². The lowest BCUT2D eigenvalue weighted by molar-refractivity contribution is -0.177. The first-order valence-corrected chi connectivity index (χ1v) is 8.81. The van der Waals surface area contributed by atoms with E-state index in [-0.39, 0.29) is 15.6 Å². The zero-order valence-electron chi connectivity index (χ0n) is 12.9. The fourth-order valence-electron chi connectivity index (χ4n) is 2.57. The molecule has 3 rings (SSSR count). The molecule has 0 saturated carbocycles. The van der Waals surface area contributed by atoms with Gasteiger partial charge in [-0.15, -0.1) is 0 Å². The average molecular weight is 344 g/mol. The molecule has 1 heterocycles. The maximum absolute atomic E-state index is 12.6. The van der Waals surface area contributed by atoms with Crippen LogP contribution in [0.15, 0.2) is 76.5 Å². The maximum Gasteiger partial charge on any atom is 0.206 e. The van der Waals surface area contributed by atoms with Crippen LogP contribution in [0.1, 0.15) is 12.5 Å². The summed E-state index contributed by atoms with van der Waals surface area (Å²) in [6.45, 7) is 1.54. The number of carbonyl (C=O) groups excluding carboxylic acids is 1. The van der Waals surface area contributed by atoms with Crippen molar-refractivity contribution < 1.29 is 23.1 Å². The van der Waals surface area contributed by atoms with Gasteiger partial charge in [0.05, 0.1) is 9.79 Å². The molecule has 0 amide bonds. The van der Waals surface area contributed by atoms with E-state index in [1.165, 1.54) is 48.6 Å². The summed E-state index contributed by atoms with van der Waals surface area (Å²) in [5.41, 5.74) is -0.869. The molecule has 0 spiro atoms. The average Bonchev–Trinajstić information content (AvgIpc) is 2.59. The summed E-state index contributed by atoms with van der Waals surface area (Å²) in [5.74, 6) is -0.313. The Hall–Kier alpha value is -2.28. The van der Waals surface area contributed by atoms with E-state index in [0.29, 0.717) is 5.56 Å². The Kier molecular flexibility index (Phi) is 4.13. The largest absolute Gasteiger partial charge is 0.365 e. The second-order valence-electron chi connectivity index (χ2n) is 5.61. The van der Waals surface area contributed by atoms with E-state index in [0.717, 1.165) is 0 Å². The smallest absolute Gasteiger partial charge is 0.206 e. The van der Waals surface area contributed by atoms with E-state index in [1.54, 1.807) is 25.1 Å². The van der Waals surface area contributed by atoms with Crippen LogP contribution in [-0.4, -0.2) is 25.6 Å². The van der Waals surface area contributed by atoms with E-state index in [1.807, 2.05) is 0 Å². The van der Waals surface area contributed by atoms with Gasteiger partial charge < -0.3 is 9.84 Å². The van der Waals surface area contributed by atoms with Gasteiger partial charge >= 0.3 is 0 Å². The Morgan fingerprint density at radius 3 is 2.21 bits per heavy atom. The molecule has 0 aromatic heterocycles.